The number of hydrogen-bond donors (Lipinski definition) is 1. The van der Waals surface area contributed by atoms with Gasteiger partial charge < -0.3 is 15.1 Å². The second kappa shape index (κ2) is 7.34. The summed E-state index contributed by atoms with van der Waals surface area (Å²) in [4.78, 5) is 16.4. The molecule has 0 unspecified atom stereocenters. The third-order valence-electron chi connectivity index (χ3n) is 4.27. The molecule has 2 rings (SSSR count). The molecule has 0 aromatic heterocycles. The van der Waals surface area contributed by atoms with E-state index in [1.54, 1.807) is 0 Å². The van der Waals surface area contributed by atoms with Crippen molar-refractivity contribution in [1.29, 1.82) is 0 Å². The molecule has 1 heterocycles. The molecule has 0 atom stereocenters. The molecule has 1 saturated heterocycles. The number of hydrogen-bond acceptors (Lipinski definition) is 2. The summed E-state index contributed by atoms with van der Waals surface area (Å²) in [5.41, 5.74) is 3.70. The monoisotopic (exact) mass is 301 g/mol. The fourth-order valence-electron chi connectivity index (χ4n) is 2.43. The van der Waals surface area contributed by atoms with Crippen molar-refractivity contribution in [1.82, 2.24) is 10.2 Å². The quantitative estimate of drug-likeness (QED) is 0.929. The van der Waals surface area contributed by atoms with E-state index in [1.165, 1.54) is 16.8 Å². The Morgan fingerprint density at radius 3 is 2.50 bits per heavy atom. The van der Waals surface area contributed by atoms with Crippen molar-refractivity contribution < 1.29 is 4.79 Å². The maximum absolute atomic E-state index is 12.2. The third-order valence-corrected chi connectivity index (χ3v) is 4.27. The maximum atomic E-state index is 12.2. The topological polar surface area (TPSA) is 35.6 Å². The minimum Gasteiger partial charge on any atom is -0.368 e. The first-order valence-corrected chi connectivity index (χ1v) is 8.01. The van der Waals surface area contributed by atoms with Crippen LogP contribution in [0.15, 0.2) is 36.0 Å². The molecule has 0 spiro atoms. The largest absolute Gasteiger partial charge is 0.368 e. The molecule has 1 N–H and O–H groups in total. The summed E-state index contributed by atoms with van der Waals surface area (Å²) in [6, 6.07) is 8.53. The molecule has 1 aliphatic rings. The lowest BCUT2D eigenvalue weighted by atomic mass is 10.1. The predicted molar refractivity (Wildman–Crippen MR) is 92.1 cm³/mol. The van der Waals surface area contributed by atoms with Crippen LogP contribution in [0.3, 0.4) is 0 Å². The summed E-state index contributed by atoms with van der Waals surface area (Å²) in [5.74, 6) is 0.457. The summed E-state index contributed by atoms with van der Waals surface area (Å²) in [6.45, 7) is 11.7. The summed E-state index contributed by atoms with van der Waals surface area (Å²) in [5, 5.41) is 2.90. The number of urea groups is 1. The molecule has 1 aromatic rings. The van der Waals surface area contributed by atoms with Crippen molar-refractivity contribution in [3.05, 3.63) is 41.6 Å². The van der Waals surface area contributed by atoms with Crippen LogP contribution in [-0.4, -0.2) is 37.1 Å². The van der Waals surface area contributed by atoms with Crippen LogP contribution in [0.4, 0.5) is 10.5 Å². The van der Waals surface area contributed by atoms with E-state index in [0.717, 1.165) is 26.2 Å². The first-order chi connectivity index (χ1) is 10.5. The Hall–Kier alpha value is -1.97. The minimum absolute atomic E-state index is 0.00360. The summed E-state index contributed by atoms with van der Waals surface area (Å²) in [6.07, 6.45) is 1.83. The van der Waals surface area contributed by atoms with Gasteiger partial charge in [-0.2, -0.15) is 0 Å². The summed E-state index contributed by atoms with van der Waals surface area (Å²) in [7, 11) is 0. The van der Waals surface area contributed by atoms with Crippen LogP contribution in [0.25, 0.3) is 0 Å². The van der Waals surface area contributed by atoms with Gasteiger partial charge in [0.2, 0.25) is 0 Å². The fourth-order valence-corrected chi connectivity index (χ4v) is 2.43. The number of rotatable bonds is 3. The molecule has 0 saturated carbocycles. The minimum atomic E-state index is 0.00360. The normalized spacial score (nSPS) is 16.1. The van der Waals surface area contributed by atoms with Gasteiger partial charge >= 0.3 is 6.03 Å². The Morgan fingerprint density at radius 2 is 1.91 bits per heavy atom. The Bertz CT molecular complexity index is 543. The number of aryl methyl sites for hydroxylation is 1. The second-order valence-corrected chi connectivity index (χ2v) is 6.31. The highest BCUT2D eigenvalue weighted by molar-refractivity contribution is 5.75. The van der Waals surface area contributed by atoms with E-state index in [9.17, 15) is 4.79 Å². The van der Waals surface area contributed by atoms with Crippen LogP contribution in [0.1, 0.15) is 26.3 Å². The van der Waals surface area contributed by atoms with Crippen LogP contribution >= 0.6 is 0 Å². The van der Waals surface area contributed by atoms with Gasteiger partial charge in [-0.15, -0.1) is 0 Å². The lowest BCUT2D eigenvalue weighted by Gasteiger charge is -2.36. The molecule has 1 fully saturated rings. The average Bonchev–Trinajstić information content (AvgIpc) is 2.52. The van der Waals surface area contributed by atoms with Gasteiger partial charge in [0, 0.05) is 38.1 Å². The number of carbonyl (C=O) groups is 1. The van der Waals surface area contributed by atoms with Gasteiger partial charge in [-0.25, -0.2) is 4.79 Å². The number of anilines is 1. The van der Waals surface area contributed by atoms with Crippen LogP contribution in [0, 0.1) is 12.8 Å². The van der Waals surface area contributed by atoms with Gasteiger partial charge in [-0.05, 0) is 37.5 Å². The number of nitrogens with zero attached hydrogens (tertiary/aromatic N) is 2. The van der Waals surface area contributed by atoms with Crippen molar-refractivity contribution in [2.75, 3.05) is 31.1 Å². The summed E-state index contributed by atoms with van der Waals surface area (Å²) < 4.78 is 0. The van der Waals surface area contributed by atoms with Crippen LogP contribution in [0.2, 0.25) is 0 Å². The van der Waals surface area contributed by atoms with E-state index >= 15 is 0 Å². The van der Waals surface area contributed by atoms with Gasteiger partial charge in [-0.3, -0.25) is 0 Å². The van der Waals surface area contributed by atoms with E-state index in [0.29, 0.717) is 5.92 Å². The molecular weight excluding hydrogens is 274 g/mol. The highest BCUT2D eigenvalue weighted by Crippen LogP contribution is 2.17. The molecule has 120 valence electrons. The van der Waals surface area contributed by atoms with Crippen molar-refractivity contribution in [2.45, 2.75) is 27.7 Å². The average molecular weight is 301 g/mol. The van der Waals surface area contributed by atoms with E-state index in [4.69, 9.17) is 0 Å². The van der Waals surface area contributed by atoms with E-state index in [1.807, 2.05) is 18.0 Å². The van der Waals surface area contributed by atoms with Gasteiger partial charge in [0.15, 0.2) is 0 Å². The Morgan fingerprint density at radius 1 is 1.23 bits per heavy atom. The summed E-state index contributed by atoms with van der Waals surface area (Å²) >= 11 is 0. The molecule has 2 amide bonds. The maximum Gasteiger partial charge on any atom is 0.321 e. The Kier molecular flexibility index (Phi) is 5.47. The SMILES string of the molecule is C/C(=C\NC(=O)N1CCN(c2cccc(C)c2)CC1)C(C)C. The number of carbonyl (C=O) groups excluding carboxylic acids is 1. The number of piperazine rings is 1. The van der Waals surface area contributed by atoms with Gasteiger partial charge in [-0.1, -0.05) is 31.6 Å². The number of amides is 2. The lowest BCUT2D eigenvalue weighted by Crippen LogP contribution is -2.51. The van der Waals surface area contributed by atoms with Crippen molar-refractivity contribution in [3.8, 4) is 0 Å². The fraction of sp³-hybridized carbons (Fsp3) is 0.500. The highest BCUT2D eigenvalue weighted by Gasteiger charge is 2.20. The van der Waals surface area contributed by atoms with Gasteiger partial charge in [0.05, 0.1) is 0 Å². The number of allylic oxidation sites excluding steroid dienone is 1. The highest BCUT2D eigenvalue weighted by atomic mass is 16.2. The molecule has 0 bridgehead atoms. The van der Waals surface area contributed by atoms with E-state index < -0.39 is 0 Å². The first-order valence-electron chi connectivity index (χ1n) is 8.01. The molecule has 4 nitrogen and oxygen atoms in total. The zero-order valence-corrected chi connectivity index (χ0v) is 14.1. The molecule has 0 aliphatic carbocycles. The first kappa shape index (κ1) is 16.4. The molecule has 0 radical (unpaired) electrons. The Labute approximate surface area is 133 Å². The Balaban J connectivity index is 1.87. The lowest BCUT2D eigenvalue weighted by molar-refractivity contribution is 0.198. The molecule has 22 heavy (non-hydrogen) atoms. The predicted octanol–water partition coefficient (Wildman–Crippen LogP) is 3.39. The van der Waals surface area contributed by atoms with Crippen molar-refractivity contribution in [2.24, 2.45) is 5.92 Å². The van der Waals surface area contributed by atoms with E-state index in [-0.39, 0.29) is 6.03 Å². The zero-order chi connectivity index (χ0) is 16.1. The molecule has 1 aliphatic heterocycles. The van der Waals surface area contributed by atoms with Crippen LogP contribution < -0.4 is 10.2 Å². The third kappa shape index (κ3) is 4.26. The van der Waals surface area contributed by atoms with Gasteiger partial charge in [0.1, 0.15) is 0 Å². The standard InChI is InChI=1S/C18H27N3O/c1-14(2)16(4)13-19-18(22)21-10-8-20(9-11-21)17-7-5-6-15(3)12-17/h5-7,12-14H,8-11H2,1-4H3,(H,19,22)/b16-13+. The second-order valence-electron chi connectivity index (χ2n) is 6.31. The smallest absolute Gasteiger partial charge is 0.321 e. The van der Waals surface area contributed by atoms with Crippen LogP contribution in [-0.2, 0) is 0 Å². The molecule has 1 aromatic carbocycles. The van der Waals surface area contributed by atoms with Crippen molar-refractivity contribution >= 4 is 11.7 Å². The number of benzene rings is 1. The molecular formula is C18H27N3O. The van der Waals surface area contributed by atoms with E-state index in [2.05, 4.69) is 55.3 Å². The van der Waals surface area contributed by atoms with Crippen LogP contribution in [0.5, 0.6) is 0 Å². The zero-order valence-electron chi connectivity index (χ0n) is 14.1. The van der Waals surface area contributed by atoms with Gasteiger partial charge in [0.25, 0.3) is 0 Å². The van der Waals surface area contributed by atoms with Crippen molar-refractivity contribution in [3.63, 3.8) is 0 Å². The number of nitrogens with one attached hydrogen (secondary N) is 1. The molecule has 4 heteroatoms.